The van der Waals surface area contributed by atoms with E-state index in [0.29, 0.717) is 29.6 Å². The van der Waals surface area contributed by atoms with Gasteiger partial charge in [0.05, 0.1) is 15.5 Å². The largest absolute Gasteiger partial charge is 0.351 e. The summed E-state index contributed by atoms with van der Waals surface area (Å²) >= 11 is 4.75. The molecule has 0 aliphatic rings. The van der Waals surface area contributed by atoms with Crippen molar-refractivity contribution in [3.05, 3.63) is 57.9 Å². The zero-order valence-electron chi connectivity index (χ0n) is 17.2. The maximum Gasteiger partial charge on any atom is 0.264 e. The summed E-state index contributed by atoms with van der Waals surface area (Å²) in [6.07, 6.45) is 0.931. The molecule has 3 rings (SSSR count). The smallest absolute Gasteiger partial charge is 0.264 e. The van der Waals surface area contributed by atoms with E-state index in [0.717, 1.165) is 21.0 Å². The summed E-state index contributed by atoms with van der Waals surface area (Å²) < 4.78 is 29.5. The number of sulfonamides is 1. The molecule has 0 saturated carbocycles. The topological polar surface area (TPSA) is 66.5 Å². The Morgan fingerprint density at radius 3 is 2.47 bits per heavy atom. The zero-order chi connectivity index (χ0) is 21.9. The minimum absolute atomic E-state index is 0.0896. The predicted octanol–water partition coefficient (Wildman–Crippen LogP) is 5.65. The third-order valence-corrected chi connectivity index (χ3v) is 8.27. The molecule has 0 aliphatic heterocycles. The molecule has 0 spiro atoms. The first kappa shape index (κ1) is 22.8. The number of thiophene rings is 1. The summed E-state index contributed by atoms with van der Waals surface area (Å²) in [5.74, 6) is 0.441. The summed E-state index contributed by atoms with van der Waals surface area (Å²) in [6.45, 7) is 6.99. The molecule has 0 atom stereocenters. The summed E-state index contributed by atoms with van der Waals surface area (Å²) in [7, 11) is -3.68. The van der Waals surface area contributed by atoms with Gasteiger partial charge in [-0.3, -0.25) is 9.10 Å². The molecule has 3 aromatic rings. The molecule has 8 heteroatoms. The van der Waals surface area contributed by atoms with E-state index in [1.807, 2.05) is 25.1 Å². The number of hydrogen-bond acceptors (Lipinski definition) is 4. The second kappa shape index (κ2) is 9.49. The van der Waals surface area contributed by atoms with Crippen LogP contribution in [0.2, 0.25) is 0 Å². The number of amides is 1. The van der Waals surface area contributed by atoms with Gasteiger partial charge in [-0.05, 0) is 73.2 Å². The van der Waals surface area contributed by atoms with Crippen molar-refractivity contribution in [3.8, 4) is 0 Å². The van der Waals surface area contributed by atoms with Crippen LogP contribution in [-0.2, 0) is 10.0 Å². The molecule has 5 nitrogen and oxygen atoms in total. The number of carbonyl (C=O) groups is 1. The lowest BCUT2D eigenvalue weighted by Gasteiger charge is -2.23. The fraction of sp³-hybridized carbons (Fsp3) is 0.318. The van der Waals surface area contributed by atoms with Crippen molar-refractivity contribution in [3.63, 3.8) is 0 Å². The minimum atomic E-state index is -3.68. The van der Waals surface area contributed by atoms with Gasteiger partial charge in [0.2, 0.25) is 0 Å². The molecule has 1 N–H and O–H groups in total. The van der Waals surface area contributed by atoms with E-state index in [9.17, 15) is 13.2 Å². The number of nitrogens with zero attached hydrogens (tertiary/aromatic N) is 1. The maximum atomic E-state index is 13.1. The highest BCUT2D eigenvalue weighted by Gasteiger charge is 2.24. The highest BCUT2D eigenvalue weighted by Crippen LogP contribution is 2.32. The van der Waals surface area contributed by atoms with Gasteiger partial charge in [-0.2, -0.15) is 0 Å². The van der Waals surface area contributed by atoms with Crippen LogP contribution < -0.4 is 9.62 Å². The van der Waals surface area contributed by atoms with Gasteiger partial charge >= 0.3 is 0 Å². The first-order valence-corrected chi connectivity index (χ1v) is 12.9. The molecule has 1 aromatic heterocycles. The molecular weight excluding hydrogens is 484 g/mol. The number of halogens is 1. The van der Waals surface area contributed by atoms with Gasteiger partial charge in [0.25, 0.3) is 15.9 Å². The lowest BCUT2D eigenvalue weighted by atomic mass is 10.1. The molecule has 0 radical (unpaired) electrons. The molecule has 0 saturated heterocycles. The Hall–Kier alpha value is -1.90. The van der Waals surface area contributed by atoms with Crippen LogP contribution >= 0.6 is 27.3 Å². The molecule has 1 amide bonds. The summed E-state index contributed by atoms with van der Waals surface area (Å²) in [5.41, 5.74) is 0.581. The quantitative estimate of drug-likeness (QED) is 0.427. The first-order chi connectivity index (χ1) is 14.2. The normalized spacial score (nSPS) is 11.8. The number of carbonyl (C=O) groups excluding carboxylic acids is 1. The number of nitrogens with one attached hydrogen (secondary N) is 1. The standard InChI is InChI=1S/C22H25BrN2O3S2/c1-4-25(30(27,28)19-8-5-17(23)6-9-19)18-7-10-20-16(13-18)14-21(29-20)22(26)24-12-11-15(2)3/h5-10,13-15H,4,11-12H2,1-3H3,(H,24,26). The van der Waals surface area contributed by atoms with E-state index in [4.69, 9.17) is 0 Å². The van der Waals surface area contributed by atoms with Crippen molar-refractivity contribution in [2.24, 2.45) is 5.92 Å². The van der Waals surface area contributed by atoms with Crippen LogP contribution in [0.4, 0.5) is 5.69 Å². The number of rotatable bonds is 8. The molecule has 0 fully saturated rings. The SMILES string of the molecule is CCN(c1ccc2sc(C(=O)NCCC(C)C)cc2c1)S(=O)(=O)c1ccc(Br)cc1. The summed E-state index contributed by atoms with van der Waals surface area (Å²) in [4.78, 5) is 13.3. The highest BCUT2D eigenvalue weighted by atomic mass is 79.9. The van der Waals surface area contributed by atoms with E-state index >= 15 is 0 Å². The van der Waals surface area contributed by atoms with Gasteiger partial charge in [-0.1, -0.05) is 29.8 Å². The van der Waals surface area contributed by atoms with Crippen molar-refractivity contribution >= 4 is 59.0 Å². The predicted molar refractivity (Wildman–Crippen MR) is 128 cm³/mol. The number of anilines is 1. The molecule has 1 heterocycles. The third kappa shape index (κ3) is 5.04. The van der Waals surface area contributed by atoms with Crippen LogP contribution in [0.5, 0.6) is 0 Å². The van der Waals surface area contributed by atoms with Gasteiger partial charge in [0.1, 0.15) is 0 Å². The average molecular weight is 509 g/mol. The van der Waals surface area contributed by atoms with Gasteiger partial charge in [0.15, 0.2) is 0 Å². The fourth-order valence-corrected chi connectivity index (χ4v) is 5.77. The van der Waals surface area contributed by atoms with E-state index in [1.165, 1.54) is 15.6 Å². The lowest BCUT2D eigenvalue weighted by Crippen LogP contribution is -2.30. The highest BCUT2D eigenvalue weighted by molar-refractivity contribution is 9.10. The van der Waals surface area contributed by atoms with Crippen LogP contribution in [0.15, 0.2) is 57.9 Å². The molecule has 0 aliphatic carbocycles. The van der Waals surface area contributed by atoms with Crippen LogP contribution in [0.1, 0.15) is 36.9 Å². The van der Waals surface area contributed by atoms with E-state index in [2.05, 4.69) is 35.1 Å². The molecule has 0 unspecified atom stereocenters. The van der Waals surface area contributed by atoms with Crippen LogP contribution in [-0.4, -0.2) is 27.4 Å². The molecule has 0 bridgehead atoms. The number of fused-ring (bicyclic) bond motifs is 1. The van der Waals surface area contributed by atoms with E-state index in [-0.39, 0.29) is 10.8 Å². The maximum absolute atomic E-state index is 13.1. The van der Waals surface area contributed by atoms with Gasteiger partial charge in [0, 0.05) is 22.3 Å². The second-order valence-electron chi connectivity index (χ2n) is 7.39. The monoisotopic (exact) mass is 508 g/mol. The van der Waals surface area contributed by atoms with Crippen molar-refractivity contribution in [2.75, 3.05) is 17.4 Å². The average Bonchev–Trinajstić information content (AvgIpc) is 3.12. The Kier molecular flexibility index (Phi) is 7.21. The van der Waals surface area contributed by atoms with Crippen LogP contribution in [0, 0.1) is 5.92 Å². The Labute approximate surface area is 190 Å². The lowest BCUT2D eigenvalue weighted by molar-refractivity contribution is 0.0956. The second-order valence-corrected chi connectivity index (χ2v) is 11.3. The molecule has 30 heavy (non-hydrogen) atoms. The van der Waals surface area contributed by atoms with Gasteiger partial charge < -0.3 is 5.32 Å². The van der Waals surface area contributed by atoms with Crippen molar-refractivity contribution in [1.29, 1.82) is 0 Å². The third-order valence-electron chi connectivity index (χ3n) is 4.71. The number of hydrogen-bond donors (Lipinski definition) is 1. The van der Waals surface area contributed by atoms with Crippen LogP contribution in [0.3, 0.4) is 0 Å². The minimum Gasteiger partial charge on any atom is -0.351 e. The van der Waals surface area contributed by atoms with E-state index in [1.54, 1.807) is 30.3 Å². The van der Waals surface area contributed by atoms with Gasteiger partial charge in [-0.25, -0.2) is 8.42 Å². The molecule has 160 valence electrons. The fourth-order valence-electron chi connectivity index (χ4n) is 3.08. The van der Waals surface area contributed by atoms with E-state index < -0.39 is 10.0 Å². The Balaban J connectivity index is 1.88. The zero-order valence-corrected chi connectivity index (χ0v) is 20.4. The Bertz CT molecular complexity index is 1140. The summed E-state index contributed by atoms with van der Waals surface area (Å²) in [5, 5.41) is 3.81. The van der Waals surface area contributed by atoms with Crippen molar-refractivity contribution < 1.29 is 13.2 Å². The van der Waals surface area contributed by atoms with Gasteiger partial charge in [-0.15, -0.1) is 11.3 Å². The molecule has 2 aromatic carbocycles. The Morgan fingerprint density at radius 1 is 1.13 bits per heavy atom. The summed E-state index contributed by atoms with van der Waals surface area (Å²) in [6, 6.07) is 13.9. The number of benzene rings is 2. The molecular formula is C22H25BrN2O3S2. The van der Waals surface area contributed by atoms with Crippen molar-refractivity contribution in [1.82, 2.24) is 5.32 Å². The first-order valence-electron chi connectivity index (χ1n) is 9.82. The Morgan fingerprint density at radius 2 is 1.83 bits per heavy atom. The van der Waals surface area contributed by atoms with Crippen molar-refractivity contribution in [2.45, 2.75) is 32.1 Å². The van der Waals surface area contributed by atoms with Crippen LogP contribution in [0.25, 0.3) is 10.1 Å².